The Bertz CT molecular complexity index is 829. The molecule has 4 bridgehead atoms. The molecule has 1 aromatic rings. The van der Waals surface area contributed by atoms with E-state index in [1.165, 1.54) is 6.42 Å². The normalized spacial score (nSPS) is 44.3. The van der Waals surface area contributed by atoms with Crippen LogP contribution in [0.5, 0.6) is 0 Å². The second-order valence-corrected chi connectivity index (χ2v) is 9.17. The summed E-state index contributed by atoms with van der Waals surface area (Å²) in [6.07, 6.45) is 8.02. The van der Waals surface area contributed by atoms with Crippen molar-refractivity contribution in [3.63, 3.8) is 0 Å². The zero-order valence-corrected chi connectivity index (χ0v) is 15.4. The monoisotopic (exact) mass is 347 g/mol. The van der Waals surface area contributed by atoms with Gasteiger partial charge in [0.05, 0.1) is 17.5 Å². The summed E-state index contributed by atoms with van der Waals surface area (Å²) in [5.41, 5.74) is 3.03. The van der Waals surface area contributed by atoms with Gasteiger partial charge in [0.1, 0.15) is 0 Å². The van der Waals surface area contributed by atoms with Gasteiger partial charge in [0.15, 0.2) is 0 Å². The fourth-order valence-corrected chi connectivity index (χ4v) is 7.66. The van der Waals surface area contributed by atoms with Gasteiger partial charge in [0.2, 0.25) is 11.8 Å². The molecule has 0 radical (unpaired) electrons. The number of benzene rings is 1. The van der Waals surface area contributed by atoms with Crippen LogP contribution in [0.2, 0.25) is 0 Å². The van der Waals surface area contributed by atoms with Crippen LogP contribution in [0.1, 0.15) is 30.9 Å². The molecule has 26 heavy (non-hydrogen) atoms. The van der Waals surface area contributed by atoms with Crippen molar-refractivity contribution in [1.82, 2.24) is 0 Å². The van der Waals surface area contributed by atoms with Gasteiger partial charge in [0, 0.05) is 0 Å². The summed E-state index contributed by atoms with van der Waals surface area (Å²) >= 11 is 0. The quantitative estimate of drug-likeness (QED) is 0.464. The van der Waals surface area contributed by atoms with Gasteiger partial charge in [-0.05, 0) is 72.8 Å². The molecule has 1 saturated heterocycles. The molecule has 1 aliphatic heterocycles. The van der Waals surface area contributed by atoms with Crippen molar-refractivity contribution in [2.45, 2.75) is 33.1 Å². The highest BCUT2D eigenvalue weighted by molar-refractivity contribution is 6.23. The number of carbonyl (C=O) groups is 2. The van der Waals surface area contributed by atoms with Crippen molar-refractivity contribution in [1.29, 1.82) is 0 Å². The van der Waals surface area contributed by atoms with E-state index in [-0.39, 0.29) is 23.7 Å². The van der Waals surface area contributed by atoms with E-state index >= 15 is 0 Å². The Labute approximate surface area is 154 Å². The van der Waals surface area contributed by atoms with Crippen molar-refractivity contribution in [2.75, 3.05) is 4.90 Å². The molecule has 4 aliphatic carbocycles. The standard InChI is InChI=1S/C23H25NO2/c1-3-12-6-4-5-11(2)21(12)24-22(25)19-15-10-16(20(19)23(24)26)18-14-8-7-13(9-14)17(15)18/h4-8,13-20H,3,9-10H2,1-2H3. The first kappa shape index (κ1) is 15.2. The van der Waals surface area contributed by atoms with Gasteiger partial charge in [-0.2, -0.15) is 0 Å². The minimum absolute atomic E-state index is 0.0502. The molecule has 3 nitrogen and oxygen atoms in total. The van der Waals surface area contributed by atoms with E-state index in [9.17, 15) is 9.59 Å². The fourth-order valence-electron chi connectivity index (χ4n) is 7.66. The smallest absolute Gasteiger partial charge is 0.238 e. The number of hydrogen-bond donors (Lipinski definition) is 0. The molecule has 3 saturated carbocycles. The highest BCUT2D eigenvalue weighted by atomic mass is 16.2. The number of imide groups is 1. The number of amides is 2. The Morgan fingerprint density at radius 2 is 1.58 bits per heavy atom. The van der Waals surface area contributed by atoms with Crippen molar-refractivity contribution < 1.29 is 9.59 Å². The maximum atomic E-state index is 13.5. The van der Waals surface area contributed by atoms with Gasteiger partial charge in [0.25, 0.3) is 0 Å². The fraction of sp³-hybridized carbons (Fsp3) is 0.565. The summed E-state index contributed by atoms with van der Waals surface area (Å²) in [6, 6.07) is 6.11. The maximum Gasteiger partial charge on any atom is 0.238 e. The Kier molecular flexibility index (Phi) is 2.85. The van der Waals surface area contributed by atoms with E-state index in [1.807, 2.05) is 19.1 Å². The van der Waals surface area contributed by atoms with Gasteiger partial charge in [-0.25, -0.2) is 4.90 Å². The highest BCUT2D eigenvalue weighted by Gasteiger charge is 2.71. The maximum absolute atomic E-state index is 13.5. The van der Waals surface area contributed by atoms with Crippen LogP contribution in [0.4, 0.5) is 5.69 Å². The summed E-state index contributed by atoms with van der Waals surface area (Å²) < 4.78 is 0. The van der Waals surface area contributed by atoms with Crippen LogP contribution in [0.15, 0.2) is 30.4 Å². The predicted octanol–water partition coefficient (Wildman–Crippen LogP) is 3.75. The lowest BCUT2D eigenvalue weighted by Gasteiger charge is -2.36. The molecular weight excluding hydrogens is 322 g/mol. The summed E-state index contributed by atoms with van der Waals surface area (Å²) in [4.78, 5) is 28.6. The van der Waals surface area contributed by atoms with Crippen LogP contribution in [0, 0.1) is 54.3 Å². The number of anilines is 1. The van der Waals surface area contributed by atoms with Crippen molar-refractivity contribution >= 4 is 17.5 Å². The lowest BCUT2D eigenvalue weighted by molar-refractivity contribution is -0.123. The molecule has 1 heterocycles. The molecule has 0 N–H and O–H groups in total. The predicted molar refractivity (Wildman–Crippen MR) is 99.3 cm³/mol. The van der Waals surface area contributed by atoms with Crippen molar-refractivity contribution in [2.24, 2.45) is 47.3 Å². The van der Waals surface area contributed by atoms with Crippen LogP contribution in [-0.4, -0.2) is 11.8 Å². The summed E-state index contributed by atoms with van der Waals surface area (Å²) in [5.74, 6) is 3.63. The van der Waals surface area contributed by atoms with E-state index in [0.717, 1.165) is 29.7 Å². The largest absolute Gasteiger partial charge is 0.274 e. The zero-order valence-electron chi connectivity index (χ0n) is 15.4. The molecule has 0 spiro atoms. The van der Waals surface area contributed by atoms with Gasteiger partial charge in [-0.15, -0.1) is 0 Å². The van der Waals surface area contributed by atoms with Crippen molar-refractivity contribution in [3.8, 4) is 0 Å². The number of rotatable bonds is 2. The molecule has 3 heteroatoms. The Morgan fingerprint density at radius 1 is 0.962 bits per heavy atom. The number of para-hydroxylation sites is 1. The number of fused-ring (bicyclic) bond motifs is 12. The molecular formula is C23H25NO2. The SMILES string of the molecule is CCc1cccc(C)c1N1C(=O)C2C3CC(C2C1=O)C1C2C=CC(C2)C31. The molecule has 1 aromatic carbocycles. The lowest BCUT2D eigenvalue weighted by Crippen LogP contribution is -2.38. The average molecular weight is 347 g/mol. The molecule has 6 rings (SSSR count). The molecule has 134 valence electrons. The van der Waals surface area contributed by atoms with E-state index in [4.69, 9.17) is 0 Å². The lowest BCUT2D eigenvalue weighted by atomic mass is 9.65. The van der Waals surface area contributed by atoms with Crippen LogP contribution in [-0.2, 0) is 16.0 Å². The van der Waals surface area contributed by atoms with Crippen LogP contribution in [0.3, 0.4) is 0 Å². The molecule has 8 atom stereocenters. The van der Waals surface area contributed by atoms with Crippen molar-refractivity contribution in [3.05, 3.63) is 41.5 Å². The third-order valence-corrected chi connectivity index (χ3v) is 8.36. The second-order valence-electron chi connectivity index (χ2n) is 9.17. The van der Waals surface area contributed by atoms with E-state index < -0.39 is 0 Å². The van der Waals surface area contributed by atoms with Crippen LogP contribution < -0.4 is 4.90 Å². The Morgan fingerprint density at radius 3 is 2.15 bits per heavy atom. The molecule has 8 unspecified atom stereocenters. The first-order valence-corrected chi connectivity index (χ1v) is 10.3. The first-order valence-electron chi connectivity index (χ1n) is 10.3. The first-order chi connectivity index (χ1) is 12.6. The summed E-state index contributed by atoms with van der Waals surface area (Å²) in [5, 5.41) is 0. The Balaban J connectivity index is 1.44. The molecule has 5 aliphatic rings. The highest BCUT2D eigenvalue weighted by Crippen LogP contribution is 2.70. The molecule has 2 amide bonds. The average Bonchev–Trinajstić information content (AvgIpc) is 3.41. The zero-order chi connectivity index (χ0) is 17.7. The number of carbonyl (C=O) groups excluding carboxylic acids is 2. The van der Waals surface area contributed by atoms with Gasteiger partial charge >= 0.3 is 0 Å². The topological polar surface area (TPSA) is 37.4 Å². The number of hydrogen-bond acceptors (Lipinski definition) is 2. The third kappa shape index (κ3) is 1.57. The van der Waals surface area contributed by atoms with E-state index in [0.29, 0.717) is 35.5 Å². The minimum atomic E-state index is -0.0502. The third-order valence-electron chi connectivity index (χ3n) is 8.36. The summed E-state index contributed by atoms with van der Waals surface area (Å²) in [7, 11) is 0. The van der Waals surface area contributed by atoms with Crippen LogP contribution in [0.25, 0.3) is 0 Å². The second kappa shape index (κ2) is 4.88. The van der Waals surface area contributed by atoms with Crippen LogP contribution >= 0.6 is 0 Å². The number of aryl methyl sites for hydroxylation is 2. The minimum Gasteiger partial charge on any atom is -0.274 e. The van der Waals surface area contributed by atoms with Gasteiger partial charge in [-0.1, -0.05) is 37.3 Å². The van der Waals surface area contributed by atoms with E-state index in [2.05, 4.69) is 25.1 Å². The van der Waals surface area contributed by atoms with E-state index in [1.54, 1.807) is 4.90 Å². The van der Waals surface area contributed by atoms with Gasteiger partial charge < -0.3 is 0 Å². The number of nitrogens with zero attached hydrogens (tertiary/aromatic N) is 1. The van der Waals surface area contributed by atoms with Gasteiger partial charge in [-0.3, -0.25) is 9.59 Å². The Hall–Kier alpha value is -1.90. The summed E-state index contributed by atoms with van der Waals surface area (Å²) in [6.45, 7) is 4.12. The molecule has 4 fully saturated rings. The number of allylic oxidation sites excluding steroid dienone is 2. The molecule has 0 aromatic heterocycles.